The number of anilines is 2. The van der Waals surface area contributed by atoms with Crippen molar-refractivity contribution in [3.05, 3.63) is 179 Å². The smallest absolute Gasteiger partial charge is 0.263 e. The number of nitrogens with one attached hydrogen (secondary N) is 2. The molecule has 0 saturated carbocycles. The van der Waals surface area contributed by atoms with Crippen LogP contribution in [0.1, 0.15) is 39.4 Å². The van der Waals surface area contributed by atoms with Crippen LogP contribution >= 0.6 is 0 Å². The van der Waals surface area contributed by atoms with Crippen molar-refractivity contribution >= 4 is 28.2 Å². The molecule has 2 aliphatic rings. The van der Waals surface area contributed by atoms with Crippen molar-refractivity contribution in [3.63, 3.8) is 0 Å². The number of aryl methyl sites for hydroxylation is 2. The highest BCUT2D eigenvalue weighted by Crippen LogP contribution is 2.57. The summed E-state index contributed by atoms with van der Waals surface area (Å²) < 4.78 is 0. The molecule has 2 N–H and O–H groups in total. The maximum Gasteiger partial charge on any atom is 0.263 e. The zero-order chi connectivity index (χ0) is 31.7. The van der Waals surface area contributed by atoms with Crippen LogP contribution in [0.3, 0.4) is 0 Å². The Morgan fingerprint density at radius 2 is 1.30 bits per heavy atom. The summed E-state index contributed by atoms with van der Waals surface area (Å²) in [6.07, 6.45) is 0. The van der Waals surface area contributed by atoms with E-state index in [1.54, 1.807) is 0 Å². The Bertz CT molecular complexity index is 2290. The van der Waals surface area contributed by atoms with E-state index >= 15 is 4.79 Å². The minimum absolute atomic E-state index is 0.00907. The molecular weight excluding hydrogens is 574 g/mol. The van der Waals surface area contributed by atoms with Crippen LogP contribution in [0.25, 0.3) is 33.3 Å². The Labute approximate surface area is 274 Å². The third-order valence-electron chi connectivity index (χ3n) is 10.1. The zero-order valence-electron chi connectivity index (χ0n) is 26.3. The molecule has 4 nitrogen and oxygen atoms in total. The molecule has 0 fully saturated rings. The number of amides is 1. The number of carbonyl (C=O) groups excluding carboxylic acids is 1. The van der Waals surface area contributed by atoms with Gasteiger partial charge in [0.15, 0.2) is 5.54 Å². The van der Waals surface area contributed by atoms with E-state index in [4.69, 9.17) is 0 Å². The Kier molecular flexibility index (Phi) is 6.03. The highest BCUT2D eigenvalue weighted by molar-refractivity contribution is 6.17. The van der Waals surface area contributed by atoms with E-state index in [2.05, 4.69) is 139 Å². The molecule has 2 aliphatic heterocycles. The van der Waals surface area contributed by atoms with Crippen LogP contribution in [-0.2, 0) is 10.3 Å². The minimum atomic E-state index is -1.13. The molecule has 0 bridgehead atoms. The number of H-pyrrole nitrogens is 1. The second kappa shape index (κ2) is 10.3. The highest BCUT2D eigenvalue weighted by Gasteiger charge is 2.57. The maximum atomic E-state index is 15.6. The van der Waals surface area contributed by atoms with Gasteiger partial charge in [0.25, 0.3) is 5.91 Å². The quantitative estimate of drug-likeness (QED) is 0.209. The molecule has 1 spiro atoms. The molecule has 0 saturated heterocycles. The van der Waals surface area contributed by atoms with Gasteiger partial charge in [-0.15, -0.1) is 0 Å². The number of hydrogen-bond donors (Lipinski definition) is 2. The van der Waals surface area contributed by atoms with Gasteiger partial charge in [0, 0.05) is 39.0 Å². The van der Waals surface area contributed by atoms with Gasteiger partial charge in [0.2, 0.25) is 0 Å². The lowest BCUT2D eigenvalue weighted by Crippen LogP contribution is -2.49. The van der Waals surface area contributed by atoms with Gasteiger partial charge in [-0.25, -0.2) is 0 Å². The van der Waals surface area contributed by atoms with Gasteiger partial charge in [0.1, 0.15) is 0 Å². The molecular formula is C43H33N3O. The van der Waals surface area contributed by atoms with Crippen LogP contribution in [-0.4, -0.2) is 10.9 Å². The fourth-order valence-electron chi connectivity index (χ4n) is 7.93. The molecule has 0 radical (unpaired) electrons. The summed E-state index contributed by atoms with van der Waals surface area (Å²) in [4.78, 5) is 21.5. The van der Waals surface area contributed by atoms with Crippen LogP contribution in [0.5, 0.6) is 0 Å². The first-order valence-corrected chi connectivity index (χ1v) is 16.2. The number of aromatic nitrogens is 1. The molecule has 4 heteroatoms. The second-order valence-corrected chi connectivity index (χ2v) is 12.7. The standard InChI is InChI=1S/C43H33N3O/c1-27-22-25-36-33(26-27)38-35(24-23-32-28(2)39(44-40(32)38)29-14-6-3-7-15-29)43(45-36)34-20-12-13-21-37(34)46(42(43)47)41(30-16-8-4-9-17-30)31-18-10-5-11-19-31/h3-26,41,44-45H,1-2H3. The van der Waals surface area contributed by atoms with E-state index in [-0.39, 0.29) is 11.9 Å². The molecule has 226 valence electrons. The molecule has 6 aromatic carbocycles. The van der Waals surface area contributed by atoms with Gasteiger partial charge >= 0.3 is 0 Å². The van der Waals surface area contributed by atoms with E-state index in [1.165, 1.54) is 11.1 Å². The Balaban J connectivity index is 1.34. The SMILES string of the molecule is Cc1ccc2c(c1)-c1c(ccc3c(C)c(-c4ccccc4)[nH]c13)C1(N2)C(=O)N(C(c2ccccc2)c2ccccc2)c2ccccc21. The molecule has 1 amide bonds. The molecule has 3 heterocycles. The van der Waals surface area contributed by atoms with Crippen molar-refractivity contribution in [3.8, 4) is 22.4 Å². The molecule has 1 unspecified atom stereocenters. The third kappa shape index (κ3) is 3.91. The van der Waals surface area contributed by atoms with Crippen LogP contribution in [0.15, 0.2) is 146 Å². The lowest BCUT2D eigenvalue weighted by atomic mass is 9.75. The maximum absolute atomic E-state index is 15.6. The van der Waals surface area contributed by atoms with Crippen LogP contribution < -0.4 is 10.2 Å². The Morgan fingerprint density at radius 1 is 0.660 bits per heavy atom. The van der Waals surface area contributed by atoms with Crippen molar-refractivity contribution in [2.75, 3.05) is 10.2 Å². The number of fused-ring (bicyclic) bond motifs is 8. The Hall–Kier alpha value is -5.87. The van der Waals surface area contributed by atoms with Crippen molar-refractivity contribution in [1.29, 1.82) is 0 Å². The predicted molar refractivity (Wildman–Crippen MR) is 192 cm³/mol. The van der Waals surface area contributed by atoms with E-state index in [1.807, 2.05) is 35.2 Å². The molecule has 47 heavy (non-hydrogen) atoms. The fourth-order valence-corrected chi connectivity index (χ4v) is 7.93. The largest absolute Gasteiger partial charge is 0.363 e. The van der Waals surface area contributed by atoms with Crippen LogP contribution in [0.2, 0.25) is 0 Å². The van der Waals surface area contributed by atoms with Crippen LogP contribution in [0, 0.1) is 13.8 Å². The lowest BCUT2D eigenvalue weighted by molar-refractivity contribution is -0.121. The first kappa shape index (κ1) is 27.4. The second-order valence-electron chi connectivity index (χ2n) is 12.7. The normalized spacial score (nSPS) is 16.3. The number of benzene rings is 6. The number of para-hydroxylation sites is 1. The first-order valence-electron chi connectivity index (χ1n) is 16.2. The highest BCUT2D eigenvalue weighted by atomic mass is 16.2. The van der Waals surface area contributed by atoms with Crippen LogP contribution in [0.4, 0.5) is 11.4 Å². The van der Waals surface area contributed by atoms with E-state index < -0.39 is 5.54 Å². The van der Waals surface area contributed by atoms with Crippen molar-refractivity contribution in [2.45, 2.75) is 25.4 Å². The summed E-state index contributed by atoms with van der Waals surface area (Å²) in [6.45, 7) is 4.31. The monoisotopic (exact) mass is 607 g/mol. The van der Waals surface area contributed by atoms with Crippen molar-refractivity contribution in [1.82, 2.24) is 4.98 Å². The van der Waals surface area contributed by atoms with E-state index in [0.717, 1.165) is 66.9 Å². The predicted octanol–water partition coefficient (Wildman–Crippen LogP) is 9.92. The molecule has 0 aliphatic carbocycles. The third-order valence-corrected chi connectivity index (χ3v) is 10.1. The number of aromatic amines is 1. The van der Waals surface area contributed by atoms with Gasteiger partial charge in [-0.1, -0.05) is 133 Å². The molecule has 9 rings (SSSR count). The number of carbonyl (C=O) groups is 1. The summed E-state index contributed by atoms with van der Waals surface area (Å²) in [6, 6.07) is 50.1. The average Bonchev–Trinajstić information content (AvgIpc) is 3.58. The summed E-state index contributed by atoms with van der Waals surface area (Å²) in [5, 5.41) is 5.02. The van der Waals surface area contributed by atoms with Gasteiger partial charge in [-0.05, 0) is 54.3 Å². The number of rotatable bonds is 4. The fraction of sp³-hybridized carbons (Fsp3) is 0.0930. The van der Waals surface area contributed by atoms with E-state index in [0.29, 0.717) is 0 Å². The topological polar surface area (TPSA) is 48.1 Å². The van der Waals surface area contributed by atoms with E-state index in [9.17, 15) is 0 Å². The molecule has 1 atom stereocenters. The summed E-state index contributed by atoms with van der Waals surface area (Å²) in [5.41, 5.74) is 12.6. The van der Waals surface area contributed by atoms with Gasteiger partial charge < -0.3 is 10.3 Å². The minimum Gasteiger partial charge on any atom is -0.363 e. The van der Waals surface area contributed by atoms with Crippen molar-refractivity contribution < 1.29 is 4.79 Å². The molecule has 7 aromatic rings. The summed E-state index contributed by atoms with van der Waals surface area (Å²) >= 11 is 0. The van der Waals surface area contributed by atoms with Crippen molar-refractivity contribution in [2.24, 2.45) is 0 Å². The van der Waals surface area contributed by atoms with Gasteiger partial charge in [-0.2, -0.15) is 0 Å². The average molecular weight is 608 g/mol. The van der Waals surface area contributed by atoms with Gasteiger partial charge in [0.05, 0.1) is 17.2 Å². The number of hydrogen-bond acceptors (Lipinski definition) is 2. The first-order chi connectivity index (χ1) is 23.1. The Morgan fingerprint density at radius 3 is 2.00 bits per heavy atom. The summed E-state index contributed by atoms with van der Waals surface area (Å²) in [5.74, 6) is 0.00907. The number of nitrogens with zero attached hydrogens (tertiary/aromatic N) is 1. The zero-order valence-corrected chi connectivity index (χ0v) is 26.3. The summed E-state index contributed by atoms with van der Waals surface area (Å²) in [7, 11) is 0. The molecule has 1 aromatic heterocycles. The lowest BCUT2D eigenvalue weighted by Gasteiger charge is -2.39. The van der Waals surface area contributed by atoms with Gasteiger partial charge in [-0.3, -0.25) is 9.69 Å².